The number of hydrogen-bond acceptors (Lipinski definition) is 3. The first-order chi connectivity index (χ1) is 8.28. The quantitative estimate of drug-likeness (QED) is 0.840. The molecule has 2 atom stereocenters. The van der Waals surface area contributed by atoms with Crippen LogP contribution in [-0.4, -0.2) is 22.9 Å². The van der Waals surface area contributed by atoms with E-state index in [0.29, 0.717) is 0 Å². The highest BCUT2D eigenvalue weighted by Gasteiger charge is 2.45. The number of aliphatic hydroxyl groups excluding tert-OH is 1. The Morgan fingerprint density at radius 2 is 2.06 bits per heavy atom. The first-order valence-electron chi connectivity index (χ1n) is 5.63. The van der Waals surface area contributed by atoms with Crippen molar-refractivity contribution in [2.24, 2.45) is 0 Å². The molecule has 1 aromatic carbocycles. The Hall–Kier alpha value is -0.460. The van der Waals surface area contributed by atoms with Crippen LogP contribution in [0.15, 0.2) is 24.3 Å². The van der Waals surface area contributed by atoms with Gasteiger partial charge in [-0.2, -0.15) is 0 Å². The lowest BCUT2D eigenvalue weighted by molar-refractivity contribution is 0.159. The Balaban J connectivity index is 3.26. The number of alkyl halides is 1. The van der Waals surface area contributed by atoms with Crippen molar-refractivity contribution < 1.29 is 17.9 Å². The molecule has 0 bridgehead atoms. The Kier molecular flexibility index (Phi) is 4.91. The first-order valence-corrected chi connectivity index (χ1v) is 8.07. The number of hydrogen-bond donors (Lipinski definition) is 1. The third kappa shape index (κ3) is 2.75. The molecule has 0 amide bonds. The summed E-state index contributed by atoms with van der Waals surface area (Å²) < 4.78 is 35.7. The molecular formula is C12H16BrFO3S. The summed E-state index contributed by atoms with van der Waals surface area (Å²) in [7, 11) is -3.53. The SMILES string of the molecule is CC[C@](Br)([C@@H](O)c1cccc(F)c1)S(=O)(=O)CC. The fourth-order valence-corrected chi connectivity index (χ4v) is 4.10. The lowest BCUT2D eigenvalue weighted by atomic mass is 10.0. The van der Waals surface area contributed by atoms with Crippen molar-refractivity contribution in [2.45, 2.75) is 30.0 Å². The van der Waals surface area contributed by atoms with E-state index < -0.39 is 25.4 Å². The molecule has 3 nitrogen and oxygen atoms in total. The molecule has 0 aliphatic heterocycles. The van der Waals surface area contributed by atoms with Gasteiger partial charge >= 0.3 is 0 Å². The molecule has 0 aliphatic carbocycles. The summed E-state index contributed by atoms with van der Waals surface area (Å²) in [4.78, 5) is 0. The van der Waals surface area contributed by atoms with Gasteiger partial charge in [-0.1, -0.05) is 41.9 Å². The van der Waals surface area contributed by atoms with Crippen LogP contribution in [0.25, 0.3) is 0 Å². The molecule has 0 saturated heterocycles. The van der Waals surface area contributed by atoms with Crippen LogP contribution in [0.4, 0.5) is 4.39 Å². The van der Waals surface area contributed by atoms with Gasteiger partial charge in [-0.3, -0.25) is 0 Å². The van der Waals surface area contributed by atoms with E-state index in [-0.39, 0.29) is 17.7 Å². The maximum atomic E-state index is 13.1. The van der Waals surface area contributed by atoms with Crippen LogP contribution in [0.5, 0.6) is 0 Å². The maximum Gasteiger partial charge on any atom is 0.168 e. The van der Waals surface area contributed by atoms with Crippen LogP contribution >= 0.6 is 15.9 Å². The largest absolute Gasteiger partial charge is 0.386 e. The first kappa shape index (κ1) is 15.6. The van der Waals surface area contributed by atoms with Crippen molar-refractivity contribution >= 4 is 25.8 Å². The van der Waals surface area contributed by atoms with E-state index in [9.17, 15) is 17.9 Å². The molecule has 0 aromatic heterocycles. The van der Waals surface area contributed by atoms with Crippen LogP contribution in [0, 0.1) is 5.82 Å². The molecule has 18 heavy (non-hydrogen) atoms. The van der Waals surface area contributed by atoms with E-state index in [4.69, 9.17) is 0 Å². The second-order valence-electron chi connectivity index (χ2n) is 4.00. The minimum Gasteiger partial charge on any atom is -0.386 e. The maximum absolute atomic E-state index is 13.1. The zero-order valence-corrected chi connectivity index (χ0v) is 12.6. The minimum absolute atomic E-state index is 0.0987. The molecule has 0 heterocycles. The molecule has 6 heteroatoms. The second-order valence-corrected chi connectivity index (χ2v) is 8.48. The second kappa shape index (κ2) is 5.67. The van der Waals surface area contributed by atoms with Crippen LogP contribution in [0.3, 0.4) is 0 Å². The third-order valence-corrected chi connectivity index (χ3v) is 7.73. The summed E-state index contributed by atoms with van der Waals surface area (Å²) in [5, 5.41) is 10.2. The number of halogens is 2. The average molecular weight is 339 g/mol. The lowest BCUT2D eigenvalue weighted by Crippen LogP contribution is -2.39. The molecule has 0 unspecified atom stereocenters. The summed E-state index contributed by atoms with van der Waals surface area (Å²) in [6.07, 6.45) is -1.14. The average Bonchev–Trinajstić information content (AvgIpc) is 2.36. The minimum atomic E-state index is -3.53. The molecular weight excluding hydrogens is 323 g/mol. The molecule has 0 radical (unpaired) electrons. The highest BCUT2D eigenvalue weighted by Crippen LogP contribution is 2.42. The topological polar surface area (TPSA) is 54.4 Å². The Morgan fingerprint density at radius 1 is 1.44 bits per heavy atom. The molecule has 1 aromatic rings. The highest BCUT2D eigenvalue weighted by molar-refractivity contribution is 9.11. The molecule has 1 rings (SSSR count). The number of aliphatic hydroxyl groups is 1. The van der Waals surface area contributed by atoms with Crippen molar-refractivity contribution in [1.29, 1.82) is 0 Å². The van der Waals surface area contributed by atoms with Crippen molar-refractivity contribution in [3.05, 3.63) is 35.6 Å². The fraction of sp³-hybridized carbons (Fsp3) is 0.500. The Morgan fingerprint density at radius 3 is 2.50 bits per heavy atom. The predicted molar refractivity (Wildman–Crippen MR) is 72.8 cm³/mol. The molecule has 0 spiro atoms. The smallest absolute Gasteiger partial charge is 0.168 e. The van der Waals surface area contributed by atoms with Gasteiger partial charge in [0.25, 0.3) is 0 Å². The monoisotopic (exact) mass is 338 g/mol. The summed E-state index contributed by atoms with van der Waals surface area (Å²) in [5.74, 6) is -0.607. The van der Waals surface area contributed by atoms with Crippen molar-refractivity contribution in [3.63, 3.8) is 0 Å². The van der Waals surface area contributed by atoms with Gasteiger partial charge in [-0.15, -0.1) is 0 Å². The number of rotatable bonds is 5. The normalized spacial score (nSPS) is 17.2. The standard InChI is InChI=1S/C12H16BrFO3S/c1-3-12(13,18(16,17)4-2)11(15)9-6-5-7-10(14)8-9/h5-8,11,15H,3-4H2,1-2H3/t11-,12+/m0/s1. The van der Waals surface area contributed by atoms with E-state index in [1.807, 2.05) is 0 Å². The summed E-state index contributed by atoms with van der Waals surface area (Å²) in [5.41, 5.74) is 0.241. The zero-order chi connectivity index (χ0) is 14.0. The molecule has 0 aliphatic rings. The van der Waals surface area contributed by atoms with Gasteiger partial charge in [0.05, 0.1) is 0 Å². The Bertz CT molecular complexity index is 518. The molecule has 102 valence electrons. The fourth-order valence-electron chi connectivity index (χ4n) is 1.75. The third-order valence-electron chi connectivity index (χ3n) is 2.95. The van der Waals surface area contributed by atoms with Crippen molar-refractivity contribution in [3.8, 4) is 0 Å². The van der Waals surface area contributed by atoms with Gasteiger partial charge in [0.15, 0.2) is 13.5 Å². The predicted octanol–water partition coefficient (Wildman–Crippen LogP) is 2.80. The summed E-state index contributed by atoms with van der Waals surface area (Å²) >= 11 is 3.13. The van der Waals surface area contributed by atoms with E-state index in [1.54, 1.807) is 6.92 Å². The zero-order valence-electron chi connectivity index (χ0n) is 10.2. The van der Waals surface area contributed by atoms with E-state index in [0.717, 1.165) is 6.07 Å². The van der Waals surface area contributed by atoms with E-state index >= 15 is 0 Å². The molecule has 1 N–H and O–H groups in total. The van der Waals surface area contributed by atoms with Crippen molar-refractivity contribution in [2.75, 3.05) is 5.75 Å². The van der Waals surface area contributed by atoms with Crippen LogP contribution in [0.2, 0.25) is 0 Å². The van der Waals surface area contributed by atoms with Crippen molar-refractivity contribution in [1.82, 2.24) is 0 Å². The van der Waals surface area contributed by atoms with Crippen LogP contribution < -0.4 is 0 Å². The van der Waals surface area contributed by atoms with Gasteiger partial charge in [-0.25, -0.2) is 12.8 Å². The van der Waals surface area contributed by atoms with E-state index in [1.165, 1.54) is 25.1 Å². The van der Waals surface area contributed by atoms with Gasteiger partial charge in [-0.05, 0) is 24.1 Å². The highest BCUT2D eigenvalue weighted by atomic mass is 79.9. The van der Waals surface area contributed by atoms with Crippen LogP contribution in [-0.2, 0) is 9.84 Å². The summed E-state index contributed by atoms with van der Waals surface area (Å²) in [6, 6.07) is 5.33. The van der Waals surface area contributed by atoms with Gasteiger partial charge < -0.3 is 5.11 Å². The number of benzene rings is 1. The van der Waals surface area contributed by atoms with Gasteiger partial charge in [0.2, 0.25) is 0 Å². The lowest BCUT2D eigenvalue weighted by Gasteiger charge is -2.31. The van der Waals surface area contributed by atoms with Gasteiger partial charge in [0.1, 0.15) is 11.9 Å². The Labute approximate surface area is 115 Å². The summed E-state index contributed by atoms with van der Waals surface area (Å²) in [6.45, 7) is 3.17. The van der Waals surface area contributed by atoms with Gasteiger partial charge in [0, 0.05) is 5.75 Å². The molecule has 0 fully saturated rings. The van der Waals surface area contributed by atoms with Crippen LogP contribution in [0.1, 0.15) is 31.9 Å². The van der Waals surface area contributed by atoms with E-state index in [2.05, 4.69) is 15.9 Å². The molecule has 0 saturated carbocycles. The number of sulfone groups is 1.